The molecule has 7 heteroatoms. The Morgan fingerprint density at radius 1 is 1.29 bits per heavy atom. The molecular weight excluding hydrogens is 435 g/mol. The van der Waals surface area contributed by atoms with E-state index in [9.17, 15) is 9.90 Å². The largest absolute Gasteiger partial charge is 0.491 e. The van der Waals surface area contributed by atoms with Gasteiger partial charge in [-0.2, -0.15) is 0 Å². The van der Waals surface area contributed by atoms with Crippen LogP contribution in [0.15, 0.2) is 24.3 Å². The number of nitrogens with one attached hydrogen (secondary N) is 1. The number of ether oxygens (including phenoxy) is 2. The fraction of sp³-hybridized carbons (Fsp3) is 0.556. The van der Waals surface area contributed by atoms with Crippen LogP contribution in [0.3, 0.4) is 0 Å². The Hall–Kier alpha value is -2.67. The van der Waals surface area contributed by atoms with Gasteiger partial charge in [-0.25, -0.2) is 14.2 Å². The van der Waals surface area contributed by atoms with Gasteiger partial charge in [-0.3, -0.25) is 0 Å². The first-order chi connectivity index (χ1) is 16.4. The summed E-state index contributed by atoms with van der Waals surface area (Å²) in [6, 6.07) is 7.13. The zero-order chi connectivity index (χ0) is 24.1. The smallest absolute Gasteiger partial charge is 0.329 e. The van der Waals surface area contributed by atoms with Gasteiger partial charge in [0, 0.05) is 42.9 Å². The van der Waals surface area contributed by atoms with Crippen LogP contribution < -0.4 is 10.1 Å². The van der Waals surface area contributed by atoms with Crippen molar-refractivity contribution in [3.05, 3.63) is 41.3 Å². The lowest BCUT2D eigenvalue weighted by molar-refractivity contribution is -0.145. The number of hydrogen-bond acceptors (Lipinski definition) is 5. The Morgan fingerprint density at radius 3 is 2.71 bits per heavy atom. The molecule has 0 radical (unpaired) electrons. The number of nitrogens with zero attached hydrogens (tertiary/aromatic N) is 1. The molecular formula is C27H35FN2O4. The summed E-state index contributed by atoms with van der Waals surface area (Å²) < 4.78 is 26.3. The summed E-state index contributed by atoms with van der Waals surface area (Å²) in [5, 5.41) is 13.2. The summed E-state index contributed by atoms with van der Waals surface area (Å²) in [5.41, 5.74) is 1.80. The molecule has 1 saturated carbocycles. The molecule has 2 aromatic rings. The van der Waals surface area contributed by atoms with E-state index in [0.29, 0.717) is 55.7 Å². The van der Waals surface area contributed by atoms with Crippen LogP contribution in [0.1, 0.15) is 63.1 Å². The highest BCUT2D eigenvalue weighted by molar-refractivity contribution is 5.83. The van der Waals surface area contributed by atoms with Gasteiger partial charge in [0.25, 0.3) is 0 Å². The third kappa shape index (κ3) is 5.19. The van der Waals surface area contributed by atoms with E-state index in [2.05, 4.69) is 5.32 Å². The molecule has 0 atom stereocenters. The number of benzene rings is 1. The third-order valence-corrected chi connectivity index (χ3v) is 7.23. The summed E-state index contributed by atoms with van der Waals surface area (Å²) in [6.45, 7) is 4.86. The van der Waals surface area contributed by atoms with Crippen molar-refractivity contribution in [3.63, 3.8) is 0 Å². The number of aliphatic carboxylic acids is 1. The second-order valence-corrected chi connectivity index (χ2v) is 9.49. The number of aromatic nitrogens is 1. The van der Waals surface area contributed by atoms with Crippen molar-refractivity contribution >= 4 is 11.8 Å². The third-order valence-electron chi connectivity index (χ3n) is 7.23. The summed E-state index contributed by atoms with van der Waals surface area (Å²) in [7, 11) is 0. The Kier molecular flexibility index (Phi) is 7.71. The van der Waals surface area contributed by atoms with Crippen LogP contribution in [-0.2, 0) is 16.0 Å². The number of rotatable bonds is 9. The zero-order valence-corrected chi connectivity index (χ0v) is 20.2. The van der Waals surface area contributed by atoms with E-state index in [1.54, 1.807) is 18.2 Å². The number of aryl methyl sites for hydroxylation is 2. The number of carboxylic acids is 1. The molecule has 1 aliphatic heterocycles. The Labute approximate surface area is 200 Å². The number of anilines is 1. The highest BCUT2D eigenvalue weighted by atomic mass is 19.1. The molecule has 2 N–H and O–H groups in total. The van der Waals surface area contributed by atoms with Crippen LogP contribution in [0.2, 0.25) is 0 Å². The maximum atomic E-state index is 15.4. The lowest BCUT2D eigenvalue weighted by Crippen LogP contribution is -2.50. The Morgan fingerprint density at radius 2 is 2.03 bits per heavy atom. The van der Waals surface area contributed by atoms with E-state index in [4.69, 9.17) is 14.5 Å². The van der Waals surface area contributed by atoms with Gasteiger partial charge in [0.05, 0.1) is 6.61 Å². The molecule has 1 saturated heterocycles. The van der Waals surface area contributed by atoms with Crippen LogP contribution in [0.4, 0.5) is 10.2 Å². The average molecular weight is 471 g/mol. The summed E-state index contributed by atoms with van der Waals surface area (Å²) in [4.78, 5) is 16.9. The predicted octanol–water partition coefficient (Wildman–Crippen LogP) is 5.76. The first-order valence-electron chi connectivity index (χ1n) is 12.4. The van der Waals surface area contributed by atoms with E-state index in [1.807, 2.05) is 19.9 Å². The number of halogens is 1. The summed E-state index contributed by atoms with van der Waals surface area (Å²) in [6.07, 6.45) is 7.57. The normalized spacial score (nSPS) is 18.1. The molecule has 1 aromatic carbocycles. The van der Waals surface area contributed by atoms with Crippen molar-refractivity contribution in [3.8, 4) is 16.9 Å². The fourth-order valence-electron chi connectivity index (χ4n) is 5.35. The van der Waals surface area contributed by atoms with Crippen molar-refractivity contribution < 1.29 is 23.8 Å². The molecule has 184 valence electrons. The second kappa shape index (κ2) is 10.7. The minimum absolute atomic E-state index is 0.232. The standard InChI is InChI=1S/C27H35FN2O4/c1-3-34-22-10-6-9-21(25(22)28)24-18(2)29-23(17-20(24)12-11-19-7-4-5-8-19)30-27(26(31)32)13-15-33-16-14-27/h6,9-10,17,19H,3-5,7-8,11-16H2,1-2H3,(H,29,30)(H,31,32). The van der Waals surface area contributed by atoms with E-state index < -0.39 is 11.5 Å². The van der Waals surface area contributed by atoms with E-state index in [1.165, 1.54) is 25.7 Å². The van der Waals surface area contributed by atoms with Crippen LogP contribution in [0, 0.1) is 18.7 Å². The fourth-order valence-corrected chi connectivity index (χ4v) is 5.35. The molecule has 1 aliphatic carbocycles. The van der Waals surface area contributed by atoms with Gasteiger partial charge in [0.1, 0.15) is 11.4 Å². The van der Waals surface area contributed by atoms with Gasteiger partial charge in [0.15, 0.2) is 11.6 Å². The molecule has 34 heavy (non-hydrogen) atoms. The average Bonchev–Trinajstić information content (AvgIpc) is 3.34. The molecule has 4 rings (SSSR count). The van der Waals surface area contributed by atoms with Gasteiger partial charge in [-0.15, -0.1) is 0 Å². The van der Waals surface area contributed by atoms with Crippen LogP contribution in [0.5, 0.6) is 5.75 Å². The molecule has 0 amide bonds. The molecule has 0 spiro atoms. The van der Waals surface area contributed by atoms with Crippen LogP contribution in [0.25, 0.3) is 11.1 Å². The lowest BCUT2D eigenvalue weighted by atomic mass is 9.89. The predicted molar refractivity (Wildman–Crippen MR) is 130 cm³/mol. The van der Waals surface area contributed by atoms with Crippen molar-refractivity contribution in [2.24, 2.45) is 5.92 Å². The van der Waals surface area contributed by atoms with Crippen molar-refractivity contribution in [1.82, 2.24) is 4.98 Å². The maximum Gasteiger partial charge on any atom is 0.329 e. The molecule has 0 unspecified atom stereocenters. The van der Waals surface area contributed by atoms with Crippen molar-refractivity contribution in [2.45, 2.75) is 70.8 Å². The van der Waals surface area contributed by atoms with E-state index in [-0.39, 0.29) is 11.6 Å². The van der Waals surface area contributed by atoms with Crippen molar-refractivity contribution in [1.29, 1.82) is 0 Å². The van der Waals surface area contributed by atoms with Gasteiger partial charge >= 0.3 is 5.97 Å². The monoisotopic (exact) mass is 470 g/mol. The number of hydrogen-bond donors (Lipinski definition) is 2. The first-order valence-corrected chi connectivity index (χ1v) is 12.4. The molecule has 2 aliphatic rings. The molecule has 2 heterocycles. The Bertz CT molecular complexity index is 1010. The van der Waals surface area contributed by atoms with Crippen LogP contribution in [-0.4, -0.2) is 41.4 Å². The minimum atomic E-state index is -1.11. The number of carboxylic acid groups (broad SMARTS) is 1. The molecule has 2 fully saturated rings. The second-order valence-electron chi connectivity index (χ2n) is 9.49. The summed E-state index contributed by atoms with van der Waals surface area (Å²) >= 11 is 0. The molecule has 1 aromatic heterocycles. The zero-order valence-electron chi connectivity index (χ0n) is 20.2. The lowest BCUT2D eigenvalue weighted by Gasteiger charge is -2.34. The van der Waals surface area contributed by atoms with Gasteiger partial charge in [0.2, 0.25) is 0 Å². The Balaban J connectivity index is 1.73. The topological polar surface area (TPSA) is 80.7 Å². The van der Waals surface area contributed by atoms with Gasteiger partial charge in [-0.05, 0) is 50.3 Å². The van der Waals surface area contributed by atoms with Gasteiger partial charge < -0.3 is 19.9 Å². The quantitative estimate of drug-likeness (QED) is 0.485. The molecule has 6 nitrogen and oxygen atoms in total. The van der Waals surface area contributed by atoms with Crippen molar-refractivity contribution in [2.75, 3.05) is 25.1 Å². The molecule has 0 bridgehead atoms. The first kappa shape index (κ1) is 24.5. The highest BCUT2D eigenvalue weighted by Gasteiger charge is 2.40. The summed E-state index contributed by atoms with van der Waals surface area (Å²) in [5.74, 6) is 0.146. The number of carbonyl (C=O) groups is 1. The number of pyridine rings is 1. The highest BCUT2D eigenvalue weighted by Crippen LogP contribution is 2.37. The van der Waals surface area contributed by atoms with E-state index >= 15 is 4.39 Å². The SMILES string of the molecule is CCOc1cccc(-c2c(CCC3CCCC3)cc(NC3(C(=O)O)CCOCC3)nc2C)c1F. The minimum Gasteiger partial charge on any atom is -0.491 e. The van der Waals surface area contributed by atoms with Crippen LogP contribution >= 0.6 is 0 Å². The maximum absolute atomic E-state index is 15.4. The van der Waals surface area contributed by atoms with Gasteiger partial charge in [-0.1, -0.05) is 37.8 Å². The van der Waals surface area contributed by atoms with E-state index in [0.717, 1.165) is 24.0 Å².